The topological polar surface area (TPSA) is 56.0 Å². The average molecular weight is 328 g/mol. The molecule has 0 aliphatic heterocycles. The van der Waals surface area contributed by atoms with Crippen LogP contribution in [0.1, 0.15) is 43.4 Å². The third-order valence-corrected chi connectivity index (χ3v) is 4.71. The molecule has 2 rings (SSSR count). The van der Waals surface area contributed by atoms with Gasteiger partial charge in [-0.15, -0.1) is 10.2 Å². The van der Waals surface area contributed by atoms with E-state index in [0.29, 0.717) is 29.7 Å². The number of aromatic nitrogens is 2. The highest BCUT2D eigenvalue weighted by molar-refractivity contribution is 7.84. The number of hydrogen-bond acceptors (Lipinski definition) is 4. The molecule has 0 saturated heterocycles. The van der Waals surface area contributed by atoms with Crippen molar-refractivity contribution in [3.8, 4) is 0 Å². The normalized spacial score (nSPS) is 14.3. The van der Waals surface area contributed by atoms with Crippen LogP contribution in [0.2, 0.25) is 0 Å². The van der Waals surface area contributed by atoms with Crippen LogP contribution in [0.5, 0.6) is 0 Å². The molecule has 22 heavy (non-hydrogen) atoms. The molecule has 7 heteroatoms. The number of halogens is 2. The Hall–Kier alpha value is -1.63. The second-order valence-electron chi connectivity index (χ2n) is 5.55. The van der Waals surface area contributed by atoms with Crippen LogP contribution in [0.4, 0.5) is 8.78 Å². The zero-order valence-corrected chi connectivity index (χ0v) is 13.5. The van der Waals surface area contributed by atoms with Crippen LogP contribution in [-0.2, 0) is 23.0 Å². The fourth-order valence-corrected chi connectivity index (χ4v) is 2.97. The van der Waals surface area contributed by atoms with E-state index in [4.69, 9.17) is 4.42 Å². The van der Waals surface area contributed by atoms with Crippen molar-refractivity contribution in [2.24, 2.45) is 5.92 Å². The fraction of sp³-hybridized carbons (Fsp3) is 0.467. The Morgan fingerprint density at radius 2 is 1.91 bits per heavy atom. The lowest BCUT2D eigenvalue weighted by Gasteiger charge is -2.07. The molecule has 0 aliphatic carbocycles. The summed E-state index contributed by atoms with van der Waals surface area (Å²) in [5.41, 5.74) is 0.464. The molecule has 0 aliphatic rings. The smallest absolute Gasteiger partial charge is 0.231 e. The summed E-state index contributed by atoms with van der Waals surface area (Å²) in [6, 6.07) is 3.50. The zero-order valence-electron chi connectivity index (χ0n) is 12.7. The molecule has 0 amide bonds. The standard InChI is InChI=1S/C15H18F2N2O2S/c1-9(2)6-14-18-19-15(21-14)10(3)22(20)8-11-4-5-12(16)13(17)7-11/h4-5,7,9-10H,6,8H2,1-3H3. The molecule has 2 unspecified atom stereocenters. The van der Waals surface area contributed by atoms with Crippen LogP contribution in [0.15, 0.2) is 22.6 Å². The van der Waals surface area contributed by atoms with Gasteiger partial charge in [-0.2, -0.15) is 0 Å². The van der Waals surface area contributed by atoms with Crippen molar-refractivity contribution in [3.05, 3.63) is 47.2 Å². The number of hydrogen-bond donors (Lipinski definition) is 0. The van der Waals surface area contributed by atoms with Crippen LogP contribution in [0.3, 0.4) is 0 Å². The minimum absolute atomic E-state index is 0.0975. The van der Waals surface area contributed by atoms with E-state index in [1.54, 1.807) is 6.92 Å². The van der Waals surface area contributed by atoms with Gasteiger partial charge in [-0.3, -0.25) is 4.21 Å². The van der Waals surface area contributed by atoms with Gasteiger partial charge in [0, 0.05) is 23.0 Å². The van der Waals surface area contributed by atoms with E-state index in [0.717, 1.165) is 12.1 Å². The highest BCUT2D eigenvalue weighted by Crippen LogP contribution is 2.22. The summed E-state index contributed by atoms with van der Waals surface area (Å²) in [6.07, 6.45) is 0.662. The molecule has 1 aromatic carbocycles. The van der Waals surface area contributed by atoms with E-state index in [1.807, 2.05) is 13.8 Å². The van der Waals surface area contributed by atoms with Crippen LogP contribution < -0.4 is 0 Å². The van der Waals surface area contributed by atoms with Gasteiger partial charge in [-0.25, -0.2) is 8.78 Å². The Morgan fingerprint density at radius 3 is 2.55 bits per heavy atom. The summed E-state index contributed by atoms with van der Waals surface area (Å²) in [7, 11) is -1.37. The Bertz CT molecular complexity index is 673. The number of rotatable bonds is 6. The number of nitrogens with zero attached hydrogens (tertiary/aromatic N) is 2. The molecule has 0 radical (unpaired) electrons. The molecule has 0 spiro atoms. The Balaban J connectivity index is 2.05. The first kappa shape index (κ1) is 16.7. The number of benzene rings is 1. The van der Waals surface area contributed by atoms with Gasteiger partial charge in [0.25, 0.3) is 0 Å². The molecule has 0 fully saturated rings. The van der Waals surface area contributed by atoms with Gasteiger partial charge < -0.3 is 4.42 Å². The molecule has 120 valence electrons. The molecule has 2 aromatic rings. The summed E-state index contributed by atoms with van der Waals surface area (Å²) in [5, 5.41) is 7.38. The van der Waals surface area contributed by atoms with E-state index in [-0.39, 0.29) is 5.75 Å². The fourth-order valence-electron chi connectivity index (χ4n) is 1.89. The lowest BCUT2D eigenvalue weighted by atomic mass is 10.1. The Morgan fingerprint density at radius 1 is 1.18 bits per heavy atom. The SMILES string of the molecule is CC(C)Cc1nnc(C(C)S(=O)Cc2ccc(F)c(F)c2)o1. The van der Waals surface area contributed by atoms with Crippen molar-refractivity contribution >= 4 is 10.8 Å². The molecule has 2 atom stereocenters. The summed E-state index contributed by atoms with van der Waals surface area (Å²) >= 11 is 0. The van der Waals surface area contributed by atoms with E-state index in [2.05, 4.69) is 10.2 Å². The second-order valence-corrected chi connectivity index (χ2v) is 7.31. The zero-order chi connectivity index (χ0) is 16.3. The van der Waals surface area contributed by atoms with Crippen molar-refractivity contribution in [2.45, 2.75) is 38.2 Å². The maximum absolute atomic E-state index is 13.2. The largest absolute Gasteiger partial charge is 0.424 e. The average Bonchev–Trinajstić information content (AvgIpc) is 2.89. The Labute approximate surface area is 130 Å². The molecule has 1 aromatic heterocycles. The quantitative estimate of drug-likeness (QED) is 0.813. The van der Waals surface area contributed by atoms with Gasteiger partial charge in [0.1, 0.15) is 5.25 Å². The van der Waals surface area contributed by atoms with E-state index in [1.165, 1.54) is 6.07 Å². The van der Waals surface area contributed by atoms with Crippen molar-refractivity contribution < 1.29 is 17.4 Å². The molecular formula is C15H18F2N2O2S. The maximum atomic E-state index is 13.2. The third-order valence-electron chi connectivity index (χ3n) is 3.10. The lowest BCUT2D eigenvalue weighted by molar-refractivity contribution is 0.425. The van der Waals surface area contributed by atoms with Crippen molar-refractivity contribution in [1.82, 2.24) is 10.2 Å². The van der Waals surface area contributed by atoms with Gasteiger partial charge in [0.05, 0.1) is 0 Å². The predicted octanol–water partition coefficient (Wildman–Crippen LogP) is 3.56. The van der Waals surface area contributed by atoms with Crippen molar-refractivity contribution in [3.63, 3.8) is 0 Å². The molecule has 0 N–H and O–H groups in total. The molecule has 1 heterocycles. The van der Waals surface area contributed by atoms with Crippen LogP contribution >= 0.6 is 0 Å². The molecule has 0 bridgehead atoms. The second kappa shape index (κ2) is 7.09. The van der Waals surface area contributed by atoms with E-state index >= 15 is 0 Å². The van der Waals surface area contributed by atoms with Crippen LogP contribution in [0.25, 0.3) is 0 Å². The van der Waals surface area contributed by atoms with Crippen LogP contribution in [-0.4, -0.2) is 14.4 Å². The van der Waals surface area contributed by atoms with Gasteiger partial charge >= 0.3 is 0 Å². The van der Waals surface area contributed by atoms with Gasteiger partial charge in [0.15, 0.2) is 11.6 Å². The van der Waals surface area contributed by atoms with E-state index < -0.39 is 27.7 Å². The highest BCUT2D eigenvalue weighted by atomic mass is 32.2. The van der Waals surface area contributed by atoms with Crippen molar-refractivity contribution in [1.29, 1.82) is 0 Å². The van der Waals surface area contributed by atoms with Crippen molar-refractivity contribution in [2.75, 3.05) is 0 Å². The molecular weight excluding hydrogens is 310 g/mol. The predicted molar refractivity (Wildman–Crippen MR) is 79.5 cm³/mol. The minimum Gasteiger partial charge on any atom is -0.424 e. The molecule has 0 saturated carbocycles. The minimum atomic E-state index is -1.37. The Kier molecular flexibility index (Phi) is 5.39. The summed E-state index contributed by atoms with van der Waals surface area (Å²) < 4.78 is 43.9. The van der Waals surface area contributed by atoms with E-state index in [9.17, 15) is 13.0 Å². The first-order valence-electron chi connectivity index (χ1n) is 7.00. The highest BCUT2D eigenvalue weighted by Gasteiger charge is 2.21. The van der Waals surface area contributed by atoms with Crippen LogP contribution in [0, 0.1) is 17.6 Å². The summed E-state index contributed by atoms with van der Waals surface area (Å²) in [5.74, 6) is -0.563. The van der Waals surface area contributed by atoms with Gasteiger partial charge in [-0.05, 0) is 30.5 Å². The third kappa shape index (κ3) is 4.19. The maximum Gasteiger partial charge on any atom is 0.231 e. The summed E-state index contributed by atoms with van der Waals surface area (Å²) in [4.78, 5) is 0. The summed E-state index contributed by atoms with van der Waals surface area (Å²) in [6.45, 7) is 5.78. The first-order valence-corrected chi connectivity index (χ1v) is 8.38. The van der Waals surface area contributed by atoms with Gasteiger partial charge in [-0.1, -0.05) is 19.9 Å². The van der Waals surface area contributed by atoms with Gasteiger partial charge in [0.2, 0.25) is 11.8 Å². The lowest BCUT2D eigenvalue weighted by Crippen LogP contribution is -2.06. The monoisotopic (exact) mass is 328 g/mol. The molecule has 4 nitrogen and oxygen atoms in total. The first-order chi connectivity index (χ1) is 10.4.